The van der Waals surface area contributed by atoms with E-state index < -0.39 is 18.1 Å². The average molecular weight is 507 g/mol. The number of esters is 2. The number of carbonyl (C=O) groups excluding carboxylic acids is 2. The molecule has 0 fully saturated rings. The first-order valence-corrected chi connectivity index (χ1v) is 14.2. The van der Waals surface area contributed by atoms with Gasteiger partial charge in [0, 0.05) is 6.42 Å². The lowest BCUT2D eigenvalue weighted by Crippen LogP contribution is -2.29. The molecule has 192 valence electrons. The lowest BCUT2D eigenvalue weighted by atomic mass is 9.98. The highest BCUT2D eigenvalue weighted by Crippen LogP contribution is 2.63. The Balaban J connectivity index is 1.84. The molecule has 0 spiro atoms. The fraction of sp³-hybridized carbons (Fsp3) is 0.625. The number of aromatic nitrogens is 4. The van der Waals surface area contributed by atoms with Crippen molar-refractivity contribution in [1.82, 2.24) is 19.5 Å². The Morgan fingerprint density at radius 1 is 1.06 bits per heavy atom. The van der Waals surface area contributed by atoms with Gasteiger partial charge in [0.2, 0.25) is 24.5 Å². The van der Waals surface area contributed by atoms with Crippen LogP contribution >= 0.6 is 7.26 Å². The molecule has 0 radical (unpaired) electrons. The van der Waals surface area contributed by atoms with Gasteiger partial charge < -0.3 is 24.5 Å². The number of fused-ring (bicyclic) bond motifs is 1. The molecule has 1 aliphatic carbocycles. The molecular weight excluding hydrogens is 469 g/mol. The second-order valence-corrected chi connectivity index (χ2v) is 15.4. The fourth-order valence-corrected chi connectivity index (χ4v) is 6.22. The molecule has 0 unspecified atom stereocenters. The smallest absolute Gasteiger partial charge is 0.314 e. The highest BCUT2D eigenvalue weighted by molar-refractivity contribution is 7.75. The van der Waals surface area contributed by atoms with Crippen molar-refractivity contribution < 1.29 is 23.8 Å². The van der Waals surface area contributed by atoms with E-state index in [1.165, 1.54) is 7.11 Å². The predicted molar refractivity (Wildman–Crippen MR) is 137 cm³/mol. The topological polar surface area (TPSA) is 131 Å². The van der Waals surface area contributed by atoms with Gasteiger partial charge in [-0.15, -0.1) is 0 Å². The molecule has 0 bridgehead atoms. The van der Waals surface area contributed by atoms with Gasteiger partial charge in [0.25, 0.3) is 0 Å². The van der Waals surface area contributed by atoms with Crippen LogP contribution in [0.15, 0.2) is 18.5 Å². The quantitative estimate of drug-likeness (QED) is 0.336. The standard InChI is InChI=1S/C24H37N5O5P/c1-23(2,3)20(30)33-13-35(8,14-34-21(31)24(4,5)6)16-10-9-15(11-16)29-12-26-17-18(29)27-22(25)28-19(17)32-7/h9-10,12,15-16H,11,13-14H2,1-8H3,(H2,25,27,28)/q+1/t15-,16+/m1/s1. The van der Waals surface area contributed by atoms with Crippen molar-refractivity contribution in [3.05, 3.63) is 18.5 Å². The maximum atomic E-state index is 12.5. The number of nitrogen functional groups attached to an aromatic ring is 1. The van der Waals surface area contributed by atoms with Crippen LogP contribution < -0.4 is 10.5 Å². The molecule has 11 heteroatoms. The molecule has 3 rings (SSSR count). The second-order valence-electron chi connectivity index (χ2n) is 11.3. The Hall–Kier alpha value is -2.74. The zero-order chi connectivity index (χ0) is 26.2. The summed E-state index contributed by atoms with van der Waals surface area (Å²) in [5.41, 5.74) is 5.84. The van der Waals surface area contributed by atoms with E-state index in [0.717, 1.165) is 6.42 Å². The first-order chi connectivity index (χ1) is 16.2. The van der Waals surface area contributed by atoms with Crippen LogP contribution in [-0.2, 0) is 19.1 Å². The molecule has 0 aliphatic heterocycles. The van der Waals surface area contributed by atoms with E-state index >= 15 is 0 Å². The van der Waals surface area contributed by atoms with Gasteiger partial charge in [-0.05, 0) is 47.6 Å². The average Bonchev–Trinajstić information content (AvgIpc) is 3.41. The van der Waals surface area contributed by atoms with Gasteiger partial charge in [-0.2, -0.15) is 9.97 Å². The summed E-state index contributed by atoms with van der Waals surface area (Å²) in [5, 5.41) is 0. The van der Waals surface area contributed by atoms with Crippen molar-refractivity contribution in [3.8, 4) is 5.88 Å². The molecule has 1 aliphatic rings. The number of allylic oxidation sites excluding steroid dienone is 2. The molecule has 2 aromatic rings. The minimum absolute atomic E-state index is 0.0417. The normalized spacial score (nSPS) is 18.6. The van der Waals surface area contributed by atoms with Crippen molar-refractivity contribution in [2.24, 2.45) is 10.8 Å². The molecule has 0 saturated carbocycles. The van der Waals surface area contributed by atoms with Gasteiger partial charge in [-0.3, -0.25) is 9.59 Å². The largest absolute Gasteiger partial charge is 0.479 e. The predicted octanol–water partition coefficient (Wildman–Crippen LogP) is 4.03. The van der Waals surface area contributed by atoms with Gasteiger partial charge in [-0.1, -0.05) is 6.08 Å². The SMILES string of the molecule is COc1nc(N)nc2c1ncn2[C@@H]1C=C[C@H]([P+](C)(COC(=O)C(C)(C)C)COC(=O)C(C)(C)C)C1. The monoisotopic (exact) mass is 506 g/mol. The Morgan fingerprint density at radius 3 is 2.14 bits per heavy atom. The van der Waals surface area contributed by atoms with Crippen LogP contribution in [0.3, 0.4) is 0 Å². The fourth-order valence-electron chi connectivity index (χ4n) is 3.70. The summed E-state index contributed by atoms with van der Waals surface area (Å²) in [4.78, 5) is 38.0. The van der Waals surface area contributed by atoms with E-state index in [2.05, 4.69) is 33.8 Å². The highest BCUT2D eigenvalue weighted by atomic mass is 31.2. The van der Waals surface area contributed by atoms with Crippen LogP contribution in [0.4, 0.5) is 5.95 Å². The second kappa shape index (κ2) is 9.72. The number of anilines is 1. The third-order valence-corrected chi connectivity index (χ3v) is 9.42. The van der Waals surface area contributed by atoms with Crippen molar-refractivity contribution in [2.75, 3.05) is 32.2 Å². The summed E-state index contributed by atoms with van der Waals surface area (Å²) in [7, 11) is -0.564. The summed E-state index contributed by atoms with van der Waals surface area (Å²) in [6, 6.07) is -0.0417. The van der Waals surface area contributed by atoms with E-state index in [1.807, 2.05) is 46.1 Å². The Kier molecular flexibility index (Phi) is 7.46. The lowest BCUT2D eigenvalue weighted by Gasteiger charge is -2.30. The maximum absolute atomic E-state index is 12.5. The first-order valence-electron chi connectivity index (χ1n) is 11.6. The molecule has 0 amide bonds. The van der Waals surface area contributed by atoms with Crippen LogP contribution in [0.5, 0.6) is 5.88 Å². The summed E-state index contributed by atoms with van der Waals surface area (Å²) in [6.07, 6.45) is 7.11. The lowest BCUT2D eigenvalue weighted by molar-refractivity contribution is -0.151. The Bertz CT molecular complexity index is 1100. The molecule has 0 saturated heterocycles. The Morgan fingerprint density at radius 2 is 1.63 bits per heavy atom. The minimum Gasteiger partial charge on any atom is -0.479 e. The third-order valence-electron chi connectivity index (χ3n) is 6.00. The van der Waals surface area contributed by atoms with Crippen LogP contribution in [0.1, 0.15) is 54.0 Å². The molecule has 35 heavy (non-hydrogen) atoms. The number of rotatable bonds is 7. The number of imidazole rings is 1. The number of hydrogen-bond acceptors (Lipinski definition) is 9. The van der Waals surface area contributed by atoms with E-state index in [-0.39, 0.29) is 42.3 Å². The van der Waals surface area contributed by atoms with Gasteiger partial charge in [0.05, 0.1) is 49.9 Å². The minimum atomic E-state index is -2.08. The number of ether oxygens (including phenoxy) is 3. The van der Waals surface area contributed by atoms with Crippen molar-refractivity contribution in [1.29, 1.82) is 0 Å². The first kappa shape index (κ1) is 26.9. The molecule has 2 aromatic heterocycles. The van der Waals surface area contributed by atoms with Gasteiger partial charge in [0.1, 0.15) is 0 Å². The summed E-state index contributed by atoms with van der Waals surface area (Å²) >= 11 is 0. The number of nitrogens with zero attached hydrogens (tertiary/aromatic N) is 4. The summed E-state index contributed by atoms with van der Waals surface area (Å²) in [5.74, 6) is -0.117. The van der Waals surface area contributed by atoms with Crippen molar-refractivity contribution in [3.63, 3.8) is 0 Å². The van der Waals surface area contributed by atoms with E-state index in [4.69, 9.17) is 19.9 Å². The molecule has 2 N–H and O–H groups in total. The van der Waals surface area contributed by atoms with Crippen LogP contribution in [0.2, 0.25) is 0 Å². The zero-order valence-corrected chi connectivity index (χ0v) is 22.8. The van der Waals surface area contributed by atoms with Gasteiger partial charge in [0.15, 0.2) is 11.2 Å². The van der Waals surface area contributed by atoms with E-state index in [9.17, 15) is 9.59 Å². The summed E-state index contributed by atoms with van der Waals surface area (Å²) in [6.45, 7) is 13.0. The van der Waals surface area contributed by atoms with E-state index in [0.29, 0.717) is 17.0 Å². The van der Waals surface area contributed by atoms with Crippen LogP contribution in [-0.4, -0.2) is 63.6 Å². The molecular formula is C24H37N5O5P+. The number of nitrogens with two attached hydrogens (primary N) is 1. The van der Waals surface area contributed by atoms with E-state index in [1.54, 1.807) is 6.33 Å². The molecule has 0 aromatic carbocycles. The van der Waals surface area contributed by atoms with Gasteiger partial charge >= 0.3 is 11.9 Å². The maximum Gasteiger partial charge on any atom is 0.314 e. The van der Waals surface area contributed by atoms with Crippen LogP contribution in [0, 0.1) is 10.8 Å². The molecule has 2 heterocycles. The molecule has 10 nitrogen and oxygen atoms in total. The van der Waals surface area contributed by atoms with Crippen molar-refractivity contribution >= 4 is 36.3 Å². The number of carbonyl (C=O) groups is 2. The Labute approximate surface area is 207 Å². The number of hydrogen-bond donors (Lipinski definition) is 1. The third kappa shape index (κ3) is 5.92. The molecule has 2 atom stereocenters. The number of methoxy groups -OCH3 is 1. The van der Waals surface area contributed by atoms with Crippen LogP contribution in [0.25, 0.3) is 11.2 Å². The zero-order valence-electron chi connectivity index (χ0n) is 21.9. The van der Waals surface area contributed by atoms with Gasteiger partial charge in [-0.25, -0.2) is 4.98 Å². The van der Waals surface area contributed by atoms with Crippen molar-refractivity contribution in [2.45, 2.75) is 59.7 Å². The highest BCUT2D eigenvalue weighted by Gasteiger charge is 2.47. The summed E-state index contributed by atoms with van der Waals surface area (Å²) < 4.78 is 18.8.